The molecule has 0 aromatic carbocycles. The number of H-pyrrole nitrogens is 1. The Balaban J connectivity index is 1.65. The molecule has 2 aromatic heterocycles. The molecule has 0 saturated carbocycles. The van der Waals surface area contributed by atoms with Gasteiger partial charge in [-0.3, -0.25) is 4.79 Å². The summed E-state index contributed by atoms with van der Waals surface area (Å²) in [5, 5.41) is 14.4. The Morgan fingerprint density at radius 1 is 1.52 bits per heavy atom. The number of amides is 1. The van der Waals surface area contributed by atoms with Gasteiger partial charge in [0.2, 0.25) is 0 Å². The second-order valence-corrected chi connectivity index (χ2v) is 7.31. The predicted molar refractivity (Wildman–Crippen MR) is 101 cm³/mol. The number of aromatic carboxylic acids is 1. The van der Waals surface area contributed by atoms with Crippen molar-refractivity contribution in [1.29, 1.82) is 0 Å². The number of ether oxygens (including phenoxy) is 1. The summed E-state index contributed by atoms with van der Waals surface area (Å²) in [4.78, 5) is 36.6. The van der Waals surface area contributed by atoms with E-state index in [0.29, 0.717) is 36.2 Å². The van der Waals surface area contributed by atoms with E-state index in [1.807, 2.05) is 11.8 Å². The van der Waals surface area contributed by atoms with E-state index in [1.54, 1.807) is 7.11 Å². The number of hydrogen-bond donors (Lipinski definition) is 3. The summed E-state index contributed by atoms with van der Waals surface area (Å²) in [6.45, 7) is 3.04. The maximum absolute atomic E-state index is 12.5. The largest absolute Gasteiger partial charge is 0.476 e. The molecule has 0 spiro atoms. The summed E-state index contributed by atoms with van der Waals surface area (Å²) in [6, 6.07) is -0.202. The molecule has 9 nitrogen and oxygen atoms in total. The number of aromatic amines is 1. The van der Waals surface area contributed by atoms with Crippen LogP contribution in [-0.2, 0) is 11.2 Å². The molecule has 11 heteroatoms. The van der Waals surface area contributed by atoms with E-state index < -0.39 is 5.97 Å². The van der Waals surface area contributed by atoms with Gasteiger partial charge in [0, 0.05) is 25.6 Å². The second kappa shape index (κ2) is 8.24. The highest BCUT2D eigenvalue weighted by atomic mass is 35.5. The molecule has 27 heavy (non-hydrogen) atoms. The Labute approximate surface area is 164 Å². The van der Waals surface area contributed by atoms with Crippen LogP contribution in [0, 0.1) is 0 Å². The number of piperidine rings is 1. The molecule has 0 aliphatic carbocycles. The lowest BCUT2D eigenvalue weighted by Gasteiger charge is -2.37. The Kier molecular flexibility index (Phi) is 5.98. The Morgan fingerprint density at radius 3 is 2.89 bits per heavy atom. The van der Waals surface area contributed by atoms with Crippen molar-refractivity contribution in [2.75, 3.05) is 25.1 Å². The van der Waals surface area contributed by atoms with Gasteiger partial charge < -0.3 is 25.0 Å². The van der Waals surface area contributed by atoms with Crippen molar-refractivity contribution in [2.45, 2.75) is 31.9 Å². The van der Waals surface area contributed by atoms with Crippen LogP contribution < -0.4 is 10.2 Å². The third kappa shape index (κ3) is 4.23. The minimum atomic E-state index is -1.05. The number of rotatable bonds is 6. The summed E-state index contributed by atoms with van der Waals surface area (Å²) in [6.07, 6.45) is 1.02. The minimum Gasteiger partial charge on any atom is -0.476 e. The van der Waals surface area contributed by atoms with Gasteiger partial charge >= 0.3 is 5.97 Å². The first-order valence-corrected chi connectivity index (χ1v) is 9.70. The molecular formula is C16H20ClN5O4S. The number of anilines is 1. The van der Waals surface area contributed by atoms with Crippen LogP contribution in [0.15, 0.2) is 5.38 Å². The number of carboxylic acid groups (broad SMARTS) is 1. The number of carbonyl (C=O) groups excluding carboxylic acids is 1. The molecule has 146 valence electrons. The number of carboxylic acids is 1. The van der Waals surface area contributed by atoms with Crippen molar-refractivity contribution in [3.05, 3.63) is 27.7 Å². The van der Waals surface area contributed by atoms with Gasteiger partial charge in [0.25, 0.3) is 5.91 Å². The van der Waals surface area contributed by atoms with Crippen molar-refractivity contribution in [1.82, 2.24) is 20.3 Å². The number of hydrogen-bond acceptors (Lipinski definition) is 7. The summed E-state index contributed by atoms with van der Waals surface area (Å²) in [5.41, 5.74) is 0.749. The number of aromatic nitrogens is 3. The number of halogens is 1. The molecule has 0 bridgehead atoms. The molecule has 0 radical (unpaired) electrons. The number of thiazole rings is 1. The third-order valence-corrected chi connectivity index (χ3v) is 5.67. The SMILES string of the molecule is CCc1[nH]c(C(=O)NC2CCN(c3nc(C(=O)O)cs3)CC2OC)nc1Cl. The number of aryl methyl sites for hydroxylation is 1. The van der Waals surface area contributed by atoms with Gasteiger partial charge in [-0.15, -0.1) is 11.3 Å². The van der Waals surface area contributed by atoms with Gasteiger partial charge in [0.05, 0.1) is 17.8 Å². The van der Waals surface area contributed by atoms with E-state index in [0.717, 1.165) is 5.69 Å². The lowest BCUT2D eigenvalue weighted by Crippen LogP contribution is -2.55. The van der Waals surface area contributed by atoms with Gasteiger partial charge in [-0.2, -0.15) is 0 Å². The fraction of sp³-hybridized carbons (Fsp3) is 0.500. The monoisotopic (exact) mass is 413 g/mol. The van der Waals surface area contributed by atoms with Gasteiger partial charge in [0.15, 0.2) is 21.8 Å². The van der Waals surface area contributed by atoms with Crippen LogP contribution in [0.4, 0.5) is 5.13 Å². The lowest BCUT2D eigenvalue weighted by molar-refractivity contribution is 0.0538. The number of methoxy groups -OCH3 is 1. The minimum absolute atomic E-state index is 0.0285. The molecular weight excluding hydrogens is 394 g/mol. The zero-order valence-corrected chi connectivity index (χ0v) is 16.4. The standard InChI is InChI=1S/C16H20ClN5O4S/c1-3-8-12(17)21-13(18-8)14(23)19-9-4-5-22(6-11(9)26-2)16-20-10(7-27-16)15(24)25/h7,9,11H,3-6H2,1-2H3,(H,18,21)(H,19,23)(H,24,25). The Hall–Kier alpha value is -2.17. The summed E-state index contributed by atoms with van der Waals surface area (Å²) >= 11 is 7.27. The number of carbonyl (C=O) groups is 2. The van der Waals surface area contributed by atoms with E-state index in [1.165, 1.54) is 16.7 Å². The topological polar surface area (TPSA) is 120 Å². The molecule has 1 saturated heterocycles. The van der Waals surface area contributed by atoms with Crippen LogP contribution in [0.5, 0.6) is 0 Å². The van der Waals surface area contributed by atoms with E-state index in [-0.39, 0.29) is 29.6 Å². The summed E-state index contributed by atoms with van der Waals surface area (Å²) in [7, 11) is 1.58. The molecule has 3 heterocycles. The predicted octanol–water partition coefficient (Wildman–Crippen LogP) is 1.80. The maximum atomic E-state index is 12.5. The summed E-state index contributed by atoms with van der Waals surface area (Å²) < 4.78 is 5.54. The van der Waals surface area contributed by atoms with Crippen LogP contribution in [0.1, 0.15) is 40.1 Å². The smallest absolute Gasteiger partial charge is 0.355 e. The first kappa shape index (κ1) is 19.6. The van der Waals surface area contributed by atoms with Crippen LogP contribution in [0.25, 0.3) is 0 Å². The first-order chi connectivity index (χ1) is 12.9. The van der Waals surface area contributed by atoms with Crippen molar-refractivity contribution >= 4 is 39.9 Å². The van der Waals surface area contributed by atoms with Crippen LogP contribution in [0.2, 0.25) is 5.15 Å². The van der Waals surface area contributed by atoms with E-state index >= 15 is 0 Å². The maximum Gasteiger partial charge on any atom is 0.355 e. The molecule has 1 aliphatic heterocycles. The molecule has 3 rings (SSSR count). The lowest BCUT2D eigenvalue weighted by atomic mass is 10.0. The van der Waals surface area contributed by atoms with Gasteiger partial charge in [0.1, 0.15) is 0 Å². The molecule has 2 atom stereocenters. The van der Waals surface area contributed by atoms with Crippen molar-refractivity contribution < 1.29 is 19.4 Å². The average molecular weight is 414 g/mol. The van der Waals surface area contributed by atoms with Gasteiger partial charge in [-0.05, 0) is 12.8 Å². The zero-order valence-electron chi connectivity index (χ0n) is 14.9. The van der Waals surface area contributed by atoms with Crippen LogP contribution >= 0.6 is 22.9 Å². The Morgan fingerprint density at radius 2 is 2.30 bits per heavy atom. The van der Waals surface area contributed by atoms with Crippen LogP contribution in [0.3, 0.4) is 0 Å². The zero-order chi connectivity index (χ0) is 19.6. The molecule has 2 aromatic rings. The summed E-state index contributed by atoms with van der Waals surface area (Å²) in [5.74, 6) is -1.20. The van der Waals surface area contributed by atoms with E-state index in [4.69, 9.17) is 21.4 Å². The van der Waals surface area contributed by atoms with Crippen LogP contribution in [-0.4, -0.2) is 64.3 Å². The number of nitrogens with one attached hydrogen (secondary N) is 2. The van der Waals surface area contributed by atoms with E-state index in [9.17, 15) is 9.59 Å². The quantitative estimate of drug-likeness (QED) is 0.660. The normalized spacial score (nSPS) is 19.9. The molecule has 2 unspecified atom stereocenters. The average Bonchev–Trinajstić information content (AvgIpc) is 3.29. The number of nitrogens with zero attached hydrogens (tertiary/aromatic N) is 3. The van der Waals surface area contributed by atoms with Gasteiger partial charge in [-0.25, -0.2) is 14.8 Å². The molecule has 1 fully saturated rings. The van der Waals surface area contributed by atoms with Crippen molar-refractivity contribution in [3.63, 3.8) is 0 Å². The molecule has 1 amide bonds. The Bertz CT molecular complexity index is 839. The molecule has 1 aliphatic rings. The third-order valence-electron chi connectivity index (χ3n) is 4.46. The van der Waals surface area contributed by atoms with E-state index in [2.05, 4.69) is 20.3 Å². The first-order valence-electron chi connectivity index (χ1n) is 8.44. The highest BCUT2D eigenvalue weighted by Crippen LogP contribution is 2.25. The van der Waals surface area contributed by atoms with Crippen molar-refractivity contribution in [2.24, 2.45) is 0 Å². The second-order valence-electron chi connectivity index (χ2n) is 6.12. The number of imidazole rings is 1. The fourth-order valence-corrected chi connectivity index (χ4v) is 4.07. The highest BCUT2D eigenvalue weighted by molar-refractivity contribution is 7.13. The van der Waals surface area contributed by atoms with Crippen molar-refractivity contribution in [3.8, 4) is 0 Å². The fourth-order valence-electron chi connectivity index (χ4n) is 2.97. The van der Waals surface area contributed by atoms with Gasteiger partial charge in [-0.1, -0.05) is 18.5 Å². The highest BCUT2D eigenvalue weighted by Gasteiger charge is 2.32. The molecule has 3 N–H and O–H groups in total.